The van der Waals surface area contributed by atoms with E-state index in [9.17, 15) is 14.0 Å². The summed E-state index contributed by atoms with van der Waals surface area (Å²) in [4.78, 5) is 28.9. The molecular formula is C25H31FN2O5. The van der Waals surface area contributed by atoms with E-state index in [0.717, 1.165) is 5.56 Å². The van der Waals surface area contributed by atoms with Gasteiger partial charge in [0.2, 0.25) is 5.75 Å². The Kier molecular flexibility index (Phi) is 7.92. The average molecular weight is 459 g/mol. The lowest BCUT2D eigenvalue weighted by Gasteiger charge is -2.44. The summed E-state index contributed by atoms with van der Waals surface area (Å²) in [5.41, 5.74) is 1.47. The van der Waals surface area contributed by atoms with Gasteiger partial charge in [0.05, 0.1) is 14.2 Å². The third-order valence-corrected chi connectivity index (χ3v) is 5.94. The van der Waals surface area contributed by atoms with Crippen molar-refractivity contribution in [2.45, 2.75) is 39.4 Å². The number of piperazine rings is 1. The summed E-state index contributed by atoms with van der Waals surface area (Å²) in [6.45, 7) is 7.30. The lowest BCUT2D eigenvalue weighted by Crippen LogP contribution is -2.58. The summed E-state index contributed by atoms with van der Waals surface area (Å²) in [5.74, 6) is 0.427. The van der Waals surface area contributed by atoms with Gasteiger partial charge in [-0.1, -0.05) is 12.1 Å². The van der Waals surface area contributed by atoms with Crippen LogP contribution in [0.3, 0.4) is 0 Å². The van der Waals surface area contributed by atoms with E-state index in [2.05, 4.69) is 11.8 Å². The number of carbonyl (C=O) groups excluding carboxylic acids is 2. The van der Waals surface area contributed by atoms with Crippen LogP contribution in [0.25, 0.3) is 0 Å². The molecule has 7 nitrogen and oxygen atoms in total. The Hall–Kier alpha value is -3.13. The topological polar surface area (TPSA) is 68.3 Å². The molecule has 8 heteroatoms. The number of amides is 1. The molecule has 0 bridgehead atoms. The van der Waals surface area contributed by atoms with Crippen molar-refractivity contribution in [2.24, 2.45) is 0 Å². The van der Waals surface area contributed by atoms with Crippen LogP contribution in [-0.2, 0) is 11.3 Å². The Bertz CT molecular complexity index is 970. The minimum absolute atomic E-state index is 0.0124. The van der Waals surface area contributed by atoms with E-state index in [1.165, 1.54) is 33.3 Å². The highest BCUT2D eigenvalue weighted by Crippen LogP contribution is 2.38. The van der Waals surface area contributed by atoms with E-state index in [1.807, 2.05) is 11.8 Å². The zero-order chi connectivity index (χ0) is 24.1. The van der Waals surface area contributed by atoms with Crippen molar-refractivity contribution in [3.05, 3.63) is 53.3 Å². The molecular weight excluding hydrogens is 427 g/mol. The van der Waals surface area contributed by atoms with Crippen LogP contribution in [0.1, 0.15) is 36.7 Å². The lowest BCUT2D eigenvalue weighted by molar-refractivity contribution is -0.139. The van der Waals surface area contributed by atoms with Crippen LogP contribution in [0.4, 0.5) is 4.39 Å². The van der Waals surface area contributed by atoms with Gasteiger partial charge in [-0.3, -0.25) is 14.5 Å². The first-order valence-corrected chi connectivity index (χ1v) is 10.9. The number of hydrogen-bond acceptors (Lipinski definition) is 6. The number of Topliss-reactive ketones (excluding diaryl/α,β-unsaturated/α-hetero) is 1. The van der Waals surface area contributed by atoms with Crippen LogP contribution in [0.5, 0.6) is 17.2 Å². The van der Waals surface area contributed by atoms with Gasteiger partial charge in [0, 0.05) is 37.3 Å². The van der Waals surface area contributed by atoms with Crippen molar-refractivity contribution in [1.82, 2.24) is 9.80 Å². The molecule has 178 valence electrons. The lowest BCUT2D eigenvalue weighted by atomic mass is 10.1. The summed E-state index contributed by atoms with van der Waals surface area (Å²) < 4.78 is 29.7. The van der Waals surface area contributed by atoms with E-state index >= 15 is 0 Å². The van der Waals surface area contributed by atoms with E-state index in [1.54, 1.807) is 24.3 Å². The number of rotatable bonds is 8. The Labute approximate surface area is 194 Å². The second-order valence-electron chi connectivity index (χ2n) is 8.35. The summed E-state index contributed by atoms with van der Waals surface area (Å²) in [7, 11) is 2.94. The number of benzene rings is 2. The molecule has 1 fully saturated rings. The maximum Gasteiger partial charge on any atom is 0.260 e. The van der Waals surface area contributed by atoms with Crippen molar-refractivity contribution in [2.75, 3.05) is 33.9 Å². The number of halogens is 1. The predicted octanol–water partition coefficient (Wildman–Crippen LogP) is 3.55. The maximum atomic E-state index is 13.2. The van der Waals surface area contributed by atoms with Gasteiger partial charge in [-0.25, -0.2) is 4.39 Å². The van der Waals surface area contributed by atoms with Gasteiger partial charge in [-0.2, -0.15) is 0 Å². The summed E-state index contributed by atoms with van der Waals surface area (Å²) in [6.07, 6.45) is 0. The molecule has 2 aromatic rings. The second kappa shape index (κ2) is 10.7. The van der Waals surface area contributed by atoms with Crippen molar-refractivity contribution in [1.29, 1.82) is 0 Å². The van der Waals surface area contributed by atoms with Gasteiger partial charge in [0.1, 0.15) is 5.82 Å². The van der Waals surface area contributed by atoms with Gasteiger partial charge in [0.25, 0.3) is 5.91 Å². The van der Waals surface area contributed by atoms with Crippen LogP contribution in [0.15, 0.2) is 36.4 Å². The van der Waals surface area contributed by atoms with Crippen molar-refractivity contribution < 1.29 is 28.2 Å². The van der Waals surface area contributed by atoms with E-state index in [0.29, 0.717) is 36.7 Å². The largest absolute Gasteiger partial charge is 0.493 e. The van der Waals surface area contributed by atoms with E-state index in [-0.39, 0.29) is 41.9 Å². The molecule has 1 heterocycles. The number of ketones is 1. The number of nitrogens with zero attached hydrogens (tertiary/aromatic N) is 2. The minimum Gasteiger partial charge on any atom is -0.493 e. The molecule has 2 atom stereocenters. The van der Waals surface area contributed by atoms with Crippen molar-refractivity contribution in [3.63, 3.8) is 0 Å². The average Bonchev–Trinajstić information content (AvgIpc) is 2.80. The molecule has 33 heavy (non-hydrogen) atoms. The third-order valence-electron chi connectivity index (χ3n) is 5.94. The summed E-state index contributed by atoms with van der Waals surface area (Å²) in [5, 5.41) is 0. The molecule has 0 unspecified atom stereocenters. The van der Waals surface area contributed by atoms with Crippen LogP contribution in [0, 0.1) is 5.82 Å². The van der Waals surface area contributed by atoms with Crippen LogP contribution >= 0.6 is 0 Å². The Morgan fingerprint density at radius 3 is 2.15 bits per heavy atom. The highest BCUT2D eigenvalue weighted by atomic mass is 19.1. The Balaban J connectivity index is 1.65. The minimum atomic E-state index is -0.250. The SMILES string of the molecule is COc1cc(C(C)=O)cc(OC)c1OCC(=O)N1C[C@H](C)N(Cc2ccc(F)cc2)C[C@H]1C. The Morgan fingerprint density at radius 1 is 1.00 bits per heavy atom. The van der Waals surface area contributed by atoms with Crippen molar-refractivity contribution >= 4 is 11.7 Å². The van der Waals surface area contributed by atoms with Gasteiger partial charge in [-0.15, -0.1) is 0 Å². The monoisotopic (exact) mass is 458 g/mol. The first kappa shape index (κ1) is 24.5. The number of ether oxygens (including phenoxy) is 3. The predicted molar refractivity (Wildman–Crippen MR) is 122 cm³/mol. The molecule has 0 aromatic heterocycles. The van der Waals surface area contributed by atoms with Gasteiger partial charge >= 0.3 is 0 Å². The molecule has 0 N–H and O–H groups in total. The standard InChI is InChI=1S/C25H31FN2O5/c1-16-13-28(17(2)12-27(16)14-19-6-8-21(26)9-7-19)24(30)15-33-25-22(31-4)10-20(18(3)29)11-23(25)32-5/h6-11,16-17H,12-15H2,1-5H3/t16-,17+/m0/s1. The maximum absolute atomic E-state index is 13.2. The number of carbonyl (C=O) groups is 2. The molecule has 3 rings (SSSR count). The molecule has 0 aliphatic carbocycles. The summed E-state index contributed by atoms with van der Waals surface area (Å²) >= 11 is 0. The van der Waals surface area contributed by atoms with Crippen LogP contribution in [0.2, 0.25) is 0 Å². The molecule has 0 spiro atoms. The first-order chi connectivity index (χ1) is 15.7. The van der Waals surface area contributed by atoms with Crippen LogP contribution in [-0.4, -0.2) is 67.5 Å². The quantitative estimate of drug-likeness (QED) is 0.564. The fraction of sp³-hybridized carbons (Fsp3) is 0.440. The van der Waals surface area contributed by atoms with Crippen molar-refractivity contribution in [3.8, 4) is 17.2 Å². The number of methoxy groups -OCH3 is 2. The molecule has 1 aliphatic heterocycles. The van der Waals surface area contributed by atoms with Gasteiger partial charge in [0.15, 0.2) is 23.9 Å². The summed E-state index contributed by atoms with van der Waals surface area (Å²) in [6, 6.07) is 9.77. The fourth-order valence-electron chi connectivity index (χ4n) is 4.03. The molecule has 0 saturated carbocycles. The molecule has 1 amide bonds. The Morgan fingerprint density at radius 2 is 1.61 bits per heavy atom. The fourth-order valence-corrected chi connectivity index (χ4v) is 4.03. The first-order valence-electron chi connectivity index (χ1n) is 10.9. The highest BCUT2D eigenvalue weighted by Gasteiger charge is 2.32. The number of hydrogen-bond donors (Lipinski definition) is 0. The third kappa shape index (κ3) is 5.82. The molecule has 0 radical (unpaired) electrons. The van der Waals surface area contributed by atoms with E-state index < -0.39 is 0 Å². The van der Waals surface area contributed by atoms with Gasteiger partial charge in [-0.05, 0) is 50.6 Å². The smallest absolute Gasteiger partial charge is 0.260 e. The molecule has 1 aliphatic rings. The zero-order valence-electron chi connectivity index (χ0n) is 19.8. The normalized spacial score (nSPS) is 18.7. The zero-order valence-corrected chi connectivity index (χ0v) is 19.8. The van der Waals surface area contributed by atoms with E-state index in [4.69, 9.17) is 14.2 Å². The molecule has 1 saturated heterocycles. The van der Waals surface area contributed by atoms with Gasteiger partial charge < -0.3 is 19.1 Å². The highest BCUT2D eigenvalue weighted by molar-refractivity contribution is 5.95. The van der Waals surface area contributed by atoms with Crippen LogP contribution < -0.4 is 14.2 Å². The second-order valence-corrected chi connectivity index (χ2v) is 8.35. The molecule has 2 aromatic carbocycles.